The molecule has 1 unspecified atom stereocenters. The molecule has 6 nitrogen and oxygen atoms in total. The van der Waals surface area contributed by atoms with Crippen LogP contribution >= 0.6 is 0 Å². The van der Waals surface area contributed by atoms with E-state index in [9.17, 15) is 9.59 Å². The van der Waals surface area contributed by atoms with Gasteiger partial charge in [-0.1, -0.05) is 26.0 Å². The smallest absolute Gasteiger partial charge is 0.239 e. The Morgan fingerprint density at radius 1 is 1.25 bits per heavy atom. The van der Waals surface area contributed by atoms with E-state index in [0.717, 1.165) is 23.5 Å². The van der Waals surface area contributed by atoms with Gasteiger partial charge in [0.15, 0.2) is 5.78 Å². The number of carbonyl (C=O) groups is 2. The van der Waals surface area contributed by atoms with Gasteiger partial charge in [-0.3, -0.25) is 9.59 Å². The molecule has 0 saturated heterocycles. The molecule has 1 aliphatic carbocycles. The third-order valence-corrected chi connectivity index (χ3v) is 5.41. The number of nitrogens with one attached hydrogen (secondary N) is 2. The molecular weight excluding hydrogens is 354 g/mol. The summed E-state index contributed by atoms with van der Waals surface area (Å²) in [6, 6.07) is 11.1. The third kappa shape index (κ3) is 3.19. The molecule has 146 valence electrons. The fraction of sp³-hybridized carbons (Fsp3) is 0.364. The molecule has 2 heterocycles. The van der Waals surface area contributed by atoms with Gasteiger partial charge < -0.3 is 20.0 Å². The fourth-order valence-electron chi connectivity index (χ4n) is 4.20. The van der Waals surface area contributed by atoms with Gasteiger partial charge in [0.2, 0.25) is 5.91 Å². The highest BCUT2D eigenvalue weighted by Gasteiger charge is 2.42. The van der Waals surface area contributed by atoms with Crippen molar-refractivity contribution in [1.82, 2.24) is 5.32 Å². The predicted molar refractivity (Wildman–Crippen MR) is 108 cm³/mol. The summed E-state index contributed by atoms with van der Waals surface area (Å²) in [4.78, 5) is 27.6. The zero-order valence-electron chi connectivity index (χ0n) is 16.4. The summed E-state index contributed by atoms with van der Waals surface area (Å²) in [7, 11) is 1.62. The van der Waals surface area contributed by atoms with Crippen LogP contribution in [-0.4, -0.2) is 25.3 Å². The van der Waals surface area contributed by atoms with E-state index in [-0.39, 0.29) is 23.7 Å². The number of furan rings is 1. The van der Waals surface area contributed by atoms with Crippen molar-refractivity contribution in [2.24, 2.45) is 5.41 Å². The largest absolute Gasteiger partial charge is 0.467 e. The van der Waals surface area contributed by atoms with Crippen molar-refractivity contribution in [2.45, 2.75) is 32.7 Å². The van der Waals surface area contributed by atoms with E-state index < -0.39 is 6.04 Å². The van der Waals surface area contributed by atoms with Gasteiger partial charge in [0.25, 0.3) is 0 Å². The van der Waals surface area contributed by atoms with Crippen LogP contribution in [0.2, 0.25) is 0 Å². The number of rotatable bonds is 3. The maximum Gasteiger partial charge on any atom is 0.239 e. The van der Waals surface area contributed by atoms with Crippen molar-refractivity contribution in [3.63, 3.8) is 0 Å². The maximum absolute atomic E-state index is 13.3. The molecule has 2 aliphatic rings. The molecule has 2 aromatic rings. The Labute approximate surface area is 164 Å². The summed E-state index contributed by atoms with van der Waals surface area (Å²) in [6.45, 7) is 4.34. The molecule has 0 saturated carbocycles. The molecule has 1 aromatic heterocycles. The van der Waals surface area contributed by atoms with E-state index >= 15 is 0 Å². The number of ketones is 1. The summed E-state index contributed by atoms with van der Waals surface area (Å²) in [5.41, 5.74) is 3.23. The molecule has 2 N–H and O–H groups in total. The number of amides is 1. The number of allylic oxidation sites excluding steroid dienone is 1. The Balaban J connectivity index is 1.94. The van der Waals surface area contributed by atoms with E-state index in [1.165, 1.54) is 0 Å². The average Bonchev–Trinajstić information content (AvgIpc) is 3.13. The third-order valence-electron chi connectivity index (χ3n) is 5.41. The lowest BCUT2D eigenvalue weighted by atomic mass is 9.74. The molecule has 6 heteroatoms. The van der Waals surface area contributed by atoms with Crippen molar-refractivity contribution in [2.75, 3.05) is 23.8 Å². The van der Waals surface area contributed by atoms with Crippen molar-refractivity contribution < 1.29 is 14.0 Å². The first-order chi connectivity index (χ1) is 13.4. The Morgan fingerprint density at radius 3 is 2.75 bits per heavy atom. The van der Waals surface area contributed by atoms with Crippen LogP contribution < -0.4 is 15.5 Å². The Hall–Kier alpha value is -3.02. The minimum atomic E-state index is -0.456. The highest BCUT2D eigenvalue weighted by molar-refractivity contribution is 6.01. The number of carbonyl (C=O) groups excluding carboxylic acids is 2. The number of para-hydroxylation sites is 2. The highest BCUT2D eigenvalue weighted by atomic mass is 16.3. The Morgan fingerprint density at radius 2 is 2.04 bits per heavy atom. The first-order valence-electron chi connectivity index (χ1n) is 9.52. The van der Waals surface area contributed by atoms with E-state index in [1.807, 2.05) is 41.3 Å². The first-order valence-corrected chi connectivity index (χ1v) is 9.52. The van der Waals surface area contributed by atoms with Crippen LogP contribution in [0, 0.1) is 5.41 Å². The Kier molecular flexibility index (Phi) is 4.49. The molecule has 0 fully saturated rings. The van der Waals surface area contributed by atoms with Crippen LogP contribution in [0.25, 0.3) is 0 Å². The van der Waals surface area contributed by atoms with Crippen LogP contribution in [0.4, 0.5) is 11.4 Å². The van der Waals surface area contributed by atoms with Crippen LogP contribution in [0.15, 0.2) is 58.3 Å². The predicted octanol–water partition coefficient (Wildman–Crippen LogP) is 3.64. The molecule has 1 aliphatic heterocycles. The van der Waals surface area contributed by atoms with Crippen LogP contribution in [0.1, 0.15) is 38.5 Å². The number of likely N-dealkylation sites (N-methyl/N-ethyl adjacent to an activating group) is 1. The first kappa shape index (κ1) is 18.3. The number of nitrogens with zero attached hydrogens (tertiary/aromatic N) is 1. The van der Waals surface area contributed by atoms with Gasteiger partial charge in [0, 0.05) is 24.7 Å². The monoisotopic (exact) mass is 379 g/mol. The zero-order valence-corrected chi connectivity index (χ0v) is 16.4. The van der Waals surface area contributed by atoms with Gasteiger partial charge in [0.1, 0.15) is 11.8 Å². The number of fused-ring (bicyclic) bond motifs is 1. The zero-order chi connectivity index (χ0) is 19.9. The van der Waals surface area contributed by atoms with Gasteiger partial charge in [-0.2, -0.15) is 0 Å². The van der Waals surface area contributed by atoms with Crippen LogP contribution in [0.3, 0.4) is 0 Å². The van der Waals surface area contributed by atoms with Gasteiger partial charge in [-0.15, -0.1) is 0 Å². The van der Waals surface area contributed by atoms with E-state index in [0.29, 0.717) is 17.8 Å². The minimum Gasteiger partial charge on any atom is -0.467 e. The summed E-state index contributed by atoms with van der Waals surface area (Å²) < 4.78 is 5.75. The number of benzene rings is 1. The lowest BCUT2D eigenvalue weighted by Crippen LogP contribution is -2.41. The van der Waals surface area contributed by atoms with Gasteiger partial charge >= 0.3 is 0 Å². The summed E-state index contributed by atoms with van der Waals surface area (Å²) >= 11 is 0. The lowest BCUT2D eigenvalue weighted by molar-refractivity contribution is -0.120. The highest BCUT2D eigenvalue weighted by Crippen LogP contribution is 2.48. The van der Waals surface area contributed by atoms with Crippen molar-refractivity contribution in [3.05, 3.63) is 59.7 Å². The molecule has 0 spiro atoms. The molecule has 4 rings (SSSR count). The topological polar surface area (TPSA) is 74.6 Å². The average molecular weight is 379 g/mol. The molecule has 28 heavy (non-hydrogen) atoms. The summed E-state index contributed by atoms with van der Waals surface area (Å²) in [5, 5.41) is 6.20. The maximum atomic E-state index is 13.3. The van der Waals surface area contributed by atoms with Crippen LogP contribution in [0.5, 0.6) is 0 Å². The van der Waals surface area contributed by atoms with Crippen molar-refractivity contribution in [1.29, 1.82) is 0 Å². The van der Waals surface area contributed by atoms with Gasteiger partial charge in [-0.05, 0) is 36.1 Å². The standard InChI is InChI=1S/C22H25N3O3/c1-22(2)11-15-20(17(26)12-22)21(18-9-6-10-28-18)25(13-19(27)23-3)16-8-5-4-7-14(16)24-15/h4-10,21,24H,11-13H2,1-3H3,(H,23,27). The van der Waals surface area contributed by atoms with Crippen molar-refractivity contribution in [3.8, 4) is 0 Å². The number of hydrogen-bond donors (Lipinski definition) is 2. The number of hydrogen-bond acceptors (Lipinski definition) is 5. The second kappa shape index (κ2) is 6.86. The lowest BCUT2D eigenvalue weighted by Gasteiger charge is -2.36. The second-order valence-electron chi connectivity index (χ2n) is 8.19. The number of anilines is 2. The normalized spacial score (nSPS) is 20.8. The SMILES string of the molecule is CNC(=O)CN1c2ccccc2NC2=C(C(=O)CC(C)(C)C2)C1c1ccco1. The van der Waals surface area contributed by atoms with Crippen molar-refractivity contribution >= 4 is 23.1 Å². The Bertz CT molecular complexity index is 944. The van der Waals surface area contributed by atoms with Gasteiger partial charge in [0.05, 0.1) is 24.2 Å². The summed E-state index contributed by atoms with van der Waals surface area (Å²) in [5.74, 6) is 0.622. The molecule has 1 atom stereocenters. The second-order valence-corrected chi connectivity index (χ2v) is 8.19. The molecule has 1 amide bonds. The molecular formula is C22H25N3O3. The molecule has 0 radical (unpaired) electrons. The quantitative estimate of drug-likeness (QED) is 0.852. The van der Waals surface area contributed by atoms with E-state index in [2.05, 4.69) is 24.5 Å². The van der Waals surface area contributed by atoms with E-state index in [4.69, 9.17) is 4.42 Å². The number of Topliss-reactive ketones (excluding diaryl/α,β-unsaturated/α-hetero) is 1. The van der Waals surface area contributed by atoms with Crippen LogP contribution in [-0.2, 0) is 9.59 Å². The minimum absolute atomic E-state index is 0.0925. The van der Waals surface area contributed by atoms with E-state index in [1.54, 1.807) is 13.3 Å². The summed E-state index contributed by atoms with van der Waals surface area (Å²) in [6.07, 6.45) is 2.83. The fourth-order valence-corrected chi connectivity index (χ4v) is 4.20. The van der Waals surface area contributed by atoms with Gasteiger partial charge in [-0.25, -0.2) is 0 Å². The molecule has 1 aromatic carbocycles. The molecule has 0 bridgehead atoms.